The zero-order chi connectivity index (χ0) is 70.9. The first kappa shape index (κ1) is 80.5. The van der Waals surface area contributed by atoms with Gasteiger partial charge in [0, 0.05) is 73.1 Å². The summed E-state index contributed by atoms with van der Waals surface area (Å²) in [6.45, 7) is 11.9. The molecule has 3 aliphatic carbocycles. The smallest absolute Gasteiger partial charge is 0.245 e. The summed E-state index contributed by atoms with van der Waals surface area (Å²) in [5.41, 5.74) is 0. The van der Waals surface area contributed by atoms with Crippen molar-refractivity contribution < 1.29 is 74.7 Å². The minimum atomic E-state index is -3.11. The molecule has 0 aromatic rings. The fourth-order valence-electron chi connectivity index (χ4n) is 13.2. The number of carbonyl (C=O) groups is 11. The zero-order valence-corrected chi connectivity index (χ0v) is 58.8. The highest BCUT2D eigenvalue weighted by atomic mass is 35.5. The molecule has 4 unspecified atom stereocenters. The van der Waals surface area contributed by atoms with Gasteiger partial charge in [0.25, 0.3) is 0 Å². The Balaban J connectivity index is 1.85. The number of hydrogen-bond acceptors (Lipinski definition) is 11. The molecule has 94 heavy (non-hydrogen) atoms. The van der Waals surface area contributed by atoms with Gasteiger partial charge in [0.05, 0.1) is 19.6 Å². The van der Waals surface area contributed by atoms with Gasteiger partial charge in [-0.2, -0.15) is 0 Å². The van der Waals surface area contributed by atoms with Gasteiger partial charge in [0.15, 0.2) is 18.5 Å². The van der Waals surface area contributed by atoms with Crippen molar-refractivity contribution in [3.05, 3.63) is 0 Å². The topological polar surface area (TPSA) is 259 Å². The molecule has 1 saturated heterocycles. The van der Waals surface area contributed by atoms with Crippen LogP contribution in [-0.2, 0) is 52.7 Å². The lowest BCUT2D eigenvalue weighted by Crippen LogP contribution is -2.60. The summed E-state index contributed by atoms with van der Waals surface area (Å²) in [6.07, 6.45) is -9.43. The van der Waals surface area contributed by atoms with E-state index in [1.54, 1.807) is 34.6 Å². The van der Waals surface area contributed by atoms with E-state index >= 15 is 18.4 Å². The number of amides is 11. The summed E-state index contributed by atoms with van der Waals surface area (Å²) >= 11 is 6.46. The normalized spacial score (nSPS) is 32.8. The third-order valence-corrected chi connectivity index (χ3v) is 20.2. The predicted molar refractivity (Wildman–Crippen MR) is 346 cm³/mol. The van der Waals surface area contributed by atoms with Gasteiger partial charge in [0.1, 0.15) is 54.6 Å². The Kier molecular flexibility index (Phi) is 31.7. The highest BCUT2D eigenvalue weighted by Crippen LogP contribution is 2.39. The maximum absolute atomic E-state index is 15.5. The second-order valence-corrected chi connectivity index (χ2v) is 28.9. The van der Waals surface area contributed by atoms with Gasteiger partial charge in [-0.05, 0) is 108 Å². The monoisotopic (exact) mass is 1360 g/mol. The Morgan fingerprint density at radius 3 is 1.53 bits per heavy atom. The average Bonchev–Trinajstić information content (AvgIpc) is 0.815. The predicted octanol–water partition coefficient (Wildman–Crippen LogP) is 5.45. The van der Waals surface area contributed by atoms with Crippen LogP contribution in [-0.4, -0.2) is 253 Å². The Morgan fingerprint density at radius 2 is 0.979 bits per heavy atom. The molecule has 0 radical (unpaired) electrons. The second kappa shape index (κ2) is 37.0. The van der Waals surface area contributed by atoms with Crippen LogP contribution in [0.3, 0.4) is 0 Å². The van der Waals surface area contributed by atoms with E-state index in [4.69, 9.17) is 11.6 Å². The van der Waals surface area contributed by atoms with E-state index in [0.29, 0.717) is 32.1 Å². The third-order valence-electron chi connectivity index (χ3n) is 19.8. The molecular formula is C66H109ClF5N11O11. The van der Waals surface area contributed by atoms with Gasteiger partial charge in [-0.15, -0.1) is 11.6 Å². The average molecular weight is 1360 g/mol. The standard InChI is InChI=1S/C66H109ClF5N11O11/c1-16-38(6)59-66(94)79(11)34-52(86)77(9)35-53(87)81(13)48(32-42-22-24-43(67)25-23-42)64(92)78(10)33-50(84)74-45(27-26-44-54(68)56(70)58(72)57(71)55(44)69)61(89)75-46(28-36(2)3)63(91)83(15)49(31-41-20-18-17-19-21-41)65(93)82(14)47(29-37(4)5)62(90)73-39(7)30-51(85)80(12)40(8)60(88)76-59/h36-49,54-59H,16-35H2,1-15H3,(H,73,90)(H,74,84)(H,75,89)(H,76,88)/t38-,39+,40-,42?,43?,44?,45-,46-,47-,48-,49-,54?,55?,56?,57?,58?,59-/m0/s1. The summed E-state index contributed by atoms with van der Waals surface area (Å²) in [5.74, 6) is -11.4. The molecule has 4 aliphatic rings. The maximum atomic E-state index is 15.5. The fourth-order valence-corrected chi connectivity index (χ4v) is 13.4. The quantitative estimate of drug-likeness (QED) is 0.133. The molecule has 11 amide bonds. The van der Waals surface area contributed by atoms with E-state index in [9.17, 15) is 56.3 Å². The van der Waals surface area contributed by atoms with Crippen molar-refractivity contribution in [2.75, 3.05) is 69.0 Å². The SMILES string of the molecule is CC[C@H](C)[C@@H]1NC(=O)[C@H](C)N(C)C(=O)C[C@@H](C)NC(=O)[C@H](CC(C)C)N(C)C(=O)[C@H](CC2CCCCC2)N(C)C(=O)[C@H](CC(C)C)NC(=O)[C@H](CCC2C(F)C(F)C(F)C(F)C2F)NC(=O)CN(C)C(=O)[C@H](CC2CCC(Cl)CC2)N(C)C(=O)CN(C)C(=O)CN(C)C1=O. The van der Waals surface area contributed by atoms with Crippen molar-refractivity contribution in [2.45, 2.75) is 249 Å². The maximum Gasteiger partial charge on any atom is 0.245 e. The third kappa shape index (κ3) is 22.3. The second-order valence-electron chi connectivity index (χ2n) is 28.3. The molecule has 1 aliphatic heterocycles. The van der Waals surface area contributed by atoms with E-state index in [1.807, 2.05) is 13.8 Å². The molecule has 13 atom stereocenters. The number of nitrogens with one attached hydrogen (secondary N) is 4. The number of nitrogens with zero attached hydrogens (tertiary/aromatic N) is 7. The van der Waals surface area contributed by atoms with Gasteiger partial charge in [-0.1, -0.05) is 80.1 Å². The number of likely N-dealkylation sites (N-methyl/N-ethyl adjacent to an activating group) is 7. The molecular weight excluding hydrogens is 1250 g/mol. The first-order chi connectivity index (χ1) is 43.9. The number of rotatable bonds is 13. The lowest BCUT2D eigenvalue weighted by Gasteiger charge is -2.39. The summed E-state index contributed by atoms with van der Waals surface area (Å²) < 4.78 is 75.2. The molecule has 28 heteroatoms. The minimum absolute atomic E-state index is 0.0408. The molecule has 0 aromatic carbocycles. The number of halogens is 6. The fraction of sp³-hybridized carbons (Fsp3) is 0.833. The molecule has 0 aromatic heterocycles. The summed E-state index contributed by atoms with van der Waals surface area (Å²) in [6, 6.07) is -10.0. The number of alkyl halides is 6. The molecule has 4 N–H and O–H groups in total. The lowest BCUT2D eigenvalue weighted by atomic mass is 9.79. The van der Waals surface area contributed by atoms with Gasteiger partial charge >= 0.3 is 0 Å². The van der Waals surface area contributed by atoms with Crippen LogP contribution in [0, 0.1) is 35.5 Å². The number of hydrogen-bond donors (Lipinski definition) is 4. The van der Waals surface area contributed by atoms with Gasteiger partial charge in [-0.3, -0.25) is 52.7 Å². The highest BCUT2D eigenvalue weighted by Gasteiger charge is 2.54. The van der Waals surface area contributed by atoms with Crippen LogP contribution < -0.4 is 21.3 Å². The first-order valence-corrected chi connectivity index (χ1v) is 34.2. The molecule has 4 rings (SSSR count). The van der Waals surface area contributed by atoms with Crippen LogP contribution in [0.1, 0.15) is 165 Å². The highest BCUT2D eigenvalue weighted by molar-refractivity contribution is 6.20. The summed E-state index contributed by atoms with van der Waals surface area (Å²) in [5, 5.41) is 10.7. The largest absolute Gasteiger partial charge is 0.351 e. The van der Waals surface area contributed by atoms with Crippen molar-refractivity contribution in [3.8, 4) is 0 Å². The Morgan fingerprint density at radius 1 is 0.468 bits per heavy atom. The summed E-state index contributed by atoms with van der Waals surface area (Å²) in [7, 11) is 9.55. The first-order valence-electron chi connectivity index (χ1n) is 33.8. The van der Waals surface area contributed by atoms with Crippen molar-refractivity contribution in [2.24, 2.45) is 35.5 Å². The molecule has 536 valence electrons. The van der Waals surface area contributed by atoms with Crippen LogP contribution in [0.2, 0.25) is 0 Å². The Labute approximate surface area is 558 Å². The van der Waals surface area contributed by atoms with Crippen molar-refractivity contribution in [1.82, 2.24) is 55.6 Å². The van der Waals surface area contributed by atoms with Crippen molar-refractivity contribution >= 4 is 76.6 Å². The molecule has 0 spiro atoms. The van der Waals surface area contributed by atoms with Crippen molar-refractivity contribution in [3.63, 3.8) is 0 Å². The molecule has 22 nitrogen and oxygen atoms in total. The Bertz CT molecular complexity index is 2590. The minimum Gasteiger partial charge on any atom is -0.351 e. The van der Waals surface area contributed by atoms with Crippen LogP contribution >= 0.6 is 11.6 Å². The molecule has 0 bridgehead atoms. The van der Waals surface area contributed by atoms with Crippen molar-refractivity contribution in [1.29, 1.82) is 0 Å². The molecule has 1 heterocycles. The van der Waals surface area contributed by atoms with E-state index in [-0.39, 0.29) is 61.2 Å². The lowest BCUT2D eigenvalue weighted by molar-refractivity contribution is -0.150. The van der Waals surface area contributed by atoms with E-state index in [0.717, 1.165) is 51.7 Å². The molecule has 4 fully saturated rings. The van der Waals surface area contributed by atoms with E-state index < -0.39 is 188 Å². The molecule has 3 saturated carbocycles. The van der Waals surface area contributed by atoms with Crippen LogP contribution in [0.15, 0.2) is 0 Å². The van der Waals surface area contributed by atoms with E-state index in [2.05, 4.69) is 21.3 Å². The summed E-state index contributed by atoms with van der Waals surface area (Å²) in [4.78, 5) is 167. The number of carbonyl (C=O) groups excluding carboxylic acids is 11. The van der Waals surface area contributed by atoms with Crippen LogP contribution in [0.25, 0.3) is 0 Å². The van der Waals surface area contributed by atoms with Crippen LogP contribution in [0.4, 0.5) is 22.0 Å². The van der Waals surface area contributed by atoms with Gasteiger partial charge in [-0.25, -0.2) is 22.0 Å². The van der Waals surface area contributed by atoms with Crippen LogP contribution in [0.5, 0.6) is 0 Å². The Hall–Kier alpha value is -5.89. The van der Waals surface area contributed by atoms with E-state index in [1.165, 1.54) is 71.0 Å². The van der Waals surface area contributed by atoms with Gasteiger partial charge < -0.3 is 55.6 Å². The zero-order valence-electron chi connectivity index (χ0n) is 58.1. The van der Waals surface area contributed by atoms with Gasteiger partial charge in [0.2, 0.25) is 65.0 Å².